The van der Waals surface area contributed by atoms with Crippen LogP contribution in [0.2, 0.25) is 5.02 Å². The Morgan fingerprint density at radius 3 is 2.90 bits per heavy atom. The molecule has 0 spiro atoms. The van der Waals surface area contributed by atoms with Gasteiger partial charge in [-0.15, -0.1) is 0 Å². The Morgan fingerprint density at radius 1 is 1.43 bits per heavy atom. The van der Waals surface area contributed by atoms with Gasteiger partial charge in [0.05, 0.1) is 11.0 Å². The van der Waals surface area contributed by atoms with E-state index in [2.05, 4.69) is 41.3 Å². The number of nitrogens with zero attached hydrogens (tertiary/aromatic N) is 2. The van der Waals surface area contributed by atoms with E-state index in [-0.39, 0.29) is 6.04 Å². The van der Waals surface area contributed by atoms with Gasteiger partial charge < -0.3 is 9.55 Å². The van der Waals surface area contributed by atoms with E-state index in [1.54, 1.807) is 0 Å². The maximum atomic E-state index is 6.51. The van der Waals surface area contributed by atoms with Crippen molar-refractivity contribution in [2.45, 2.75) is 33.4 Å². The highest BCUT2D eigenvalue weighted by Gasteiger charge is 2.25. The second-order valence-corrected chi connectivity index (χ2v) is 6.69. The molecule has 0 saturated carbocycles. The second-order valence-electron chi connectivity index (χ2n) is 5.89. The van der Waals surface area contributed by atoms with E-state index in [9.17, 15) is 0 Å². The Hall–Kier alpha value is -1.10. The number of halogens is 1. The molecule has 0 fully saturated rings. The predicted molar refractivity (Wildman–Crippen MR) is 91.6 cm³/mol. The number of allylic oxidation sites excluding steroid dienone is 1. The molecule has 1 aromatic heterocycles. The summed E-state index contributed by atoms with van der Waals surface area (Å²) in [5.74, 6) is 0. The fourth-order valence-corrected chi connectivity index (χ4v) is 3.63. The molecule has 0 bridgehead atoms. The summed E-state index contributed by atoms with van der Waals surface area (Å²) in [5.41, 5.74) is 4.77. The molecule has 1 aromatic carbocycles. The summed E-state index contributed by atoms with van der Waals surface area (Å²) < 4.78 is 2.97. The number of benzene rings is 1. The van der Waals surface area contributed by atoms with E-state index in [0.717, 1.165) is 34.9 Å². The second kappa shape index (κ2) is 5.59. The van der Waals surface area contributed by atoms with Crippen LogP contribution in [0.4, 0.5) is 0 Å². The highest BCUT2D eigenvalue weighted by atomic mass is 35.5. The predicted octanol–water partition coefficient (Wildman–Crippen LogP) is 4.70. The van der Waals surface area contributed by atoms with E-state index >= 15 is 0 Å². The fourth-order valence-electron chi connectivity index (χ4n) is 3.02. The largest absolute Gasteiger partial charge is 0.331 e. The van der Waals surface area contributed by atoms with Crippen molar-refractivity contribution < 1.29 is 0 Å². The molecule has 0 amide bonds. The quantitative estimate of drug-likeness (QED) is 0.640. The summed E-state index contributed by atoms with van der Waals surface area (Å²) in [5, 5.41) is 0.821. The average molecular weight is 322 g/mol. The minimum absolute atomic E-state index is 0.274. The van der Waals surface area contributed by atoms with Gasteiger partial charge in [-0.1, -0.05) is 23.3 Å². The summed E-state index contributed by atoms with van der Waals surface area (Å²) in [6.07, 6.45) is 2.27. The van der Waals surface area contributed by atoms with Gasteiger partial charge in [0.25, 0.3) is 0 Å². The first kappa shape index (κ1) is 14.8. The van der Waals surface area contributed by atoms with E-state index in [1.165, 1.54) is 16.7 Å². The van der Waals surface area contributed by atoms with Crippen LogP contribution in [0, 0.1) is 4.77 Å². The third-order valence-corrected chi connectivity index (χ3v) is 4.88. The lowest BCUT2D eigenvalue weighted by atomic mass is 10.1. The van der Waals surface area contributed by atoms with Crippen LogP contribution < -0.4 is 0 Å². The molecule has 1 unspecified atom stereocenters. The van der Waals surface area contributed by atoms with Gasteiger partial charge in [-0.3, -0.25) is 4.90 Å². The van der Waals surface area contributed by atoms with Crippen LogP contribution in [-0.2, 0) is 6.54 Å². The monoisotopic (exact) mass is 321 g/mol. The number of aromatic nitrogens is 2. The summed E-state index contributed by atoms with van der Waals surface area (Å²) in [7, 11) is 0. The number of imidazole rings is 1. The third kappa shape index (κ3) is 2.56. The van der Waals surface area contributed by atoms with Crippen molar-refractivity contribution in [3.63, 3.8) is 0 Å². The van der Waals surface area contributed by atoms with Crippen molar-refractivity contribution >= 4 is 34.9 Å². The number of H-pyrrole nitrogens is 1. The summed E-state index contributed by atoms with van der Waals surface area (Å²) >= 11 is 12.0. The smallest absolute Gasteiger partial charge is 0.178 e. The van der Waals surface area contributed by atoms with Crippen molar-refractivity contribution in [2.75, 3.05) is 13.1 Å². The Kier molecular flexibility index (Phi) is 3.95. The highest BCUT2D eigenvalue weighted by Crippen LogP contribution is 2.36. The molecule has 1 aliphatic heterocycles. The van der Waals surface area contributed by atoms with Gasteiger partial charge in [-0.05, 0) is 45.1 Å². The first-order chi connectivity index (χ1) is 9.99. The van der Waals surface area contributed by atoms with E-state index in [4.69, 9.17) is 23.8 Å². The number of hydrogen-bond donors (Lipinski definition) is 1. The van der Waals surface area contributed by atoms with Gasteiger partial charge in [0.1, 0.15) is 0 Å². The molecule has 0 radical (unpaired) electrons. The van der Waals surface area contributed by atoms with Gasteiger partial charge in [0, 0.05) is 36.3 Å². The molecule has 2 heterocycles. The van der Waals surface area contributed by atoms with Crippen LogP contribution in [0.15, 0.2) is 23.8 Å². The number of aromatic amines is 1. The van der Waals surface area contributed by atoms with Gasteiger partial charge in [-0.2, -0.15) is 0 Å². The normalized spacial score (nSPS) is 18.8. The Balaban J connectivity index is 2.15. The molecule has 2 aromatic rings. The summed E-state index contributed by atoms with van der Waals surface area (Å²) in [6.45, 7) is 9.30. The highest BCUT2D eigenvalue weighted by molar-refractivity contribution is 7.71. The van der Waals surface area contributed by atoms with Crippen molar-refractivity contribution in [3.05, 3.63) is 39.1 Å². The first-order valence-corrected chi connectivity index (χ1v) is 8.06. The Bertz CT molecular complexity index is 768. The minimum atomic E-state index is 0.274. The Morgan fingerprint density at radius 2 is 2.19 bits per heavy atom. The third-order valence-electron chi connectivity index (χ3n) is 4.23. The van der Waals surface area contributed by atoms with Gasteiger partial charge in [0.2, 0.25) is 0 Å². The average Bonchev–Trinajstić information content (AvgIpc) is 2.65. The van der Waals surface area contributed by atoms with Crippen molar-refractivity contribution in [1.82, 2.24) is 14.5 Å². The molecule has 3 nitrogen and oxygen atoms in total. The van der Waals surface area contributed by atoms with Crippen LogP contribution in [0.1, 0.15) is 32.4 Å². The molecular formula is C16H20ClN3S. The molecule has 5 heteroatoms. The lowest BCUT2D eigenvalue weighted by molar-refractivity contribution is 0.233. The van der Waals surface area contributed by atoms with Crippen LogP contribution in [-0.4, -0.2) is 27.5 Å². The van der Waals surface area contributed by atoms with Crippen LogP contribution >= 0.6 is 23.8 Å². The molecule has 0 saturated heterocycles. The standard InChI is InChI=1S/C16H20ClN3S/c1-10(2)6-7-19-8-9-20-15-13(18-16(20)21)5-4-12(17)14(15)11(19)3/h4-6,11H,7-9H2,1-3H3,(H,18,21). The van der Waals surface area contributed by atoms with Crippen molar-refractivity contribution in [3.8, 4) is 0 Å². The maximum absolute atomic E-state index is 6.51. The molecule has 21 heavy (non-hydrogen) atoms. The lowest BCUT2D eigenvalue weighted by Crippen LogP contribution is -2.29. The summed E-state index contributed by atoms with van der Waals surface area (Å²) in [4.78, 5) is 5.74. The van der Waals surface area contributed by atoms with E-state index < -0.39 is 0 Å². The zero-order chi connectivity index (χ0) is 15.1. The van der Waals surface area contributed by atoms with Gasteiger partial charge >= 0.3 is 0 Å². The van der Waals surface area contributed by atoms with Crippen molar-refractivity contribution in [2.24, 2.45) is 0 Å². The Labute approximate surface area is 135 Å². The molecule has 112 valence electrons. The van der Waals surface area contributed by atoms with Crippen molar-refractivity contribution in [1.29, 1.82) is 0 Å². The number of hydrogen-bond acceptors (Lipinski definition) is 2. The number of nitrogens with one attached hydrogen (secondary N) is 1. The maximum Gasteiger partial charge on any atom is 0.178 e. The zero-order valence-electron chi connectivity index (χ0n) is 12.6. The lowest BCUT2D eigenvalue weighted by Gasteiger charge is -2.27. The molecule has 1 aliphatic rings. The van der Waals surface area contributed by atoms with Gasteiger partial charge in [-0.25, -0.2) is 0 Å². The first-order valence-electron chi connectivity index (χ1n) is 7.27. The van der Waals surface area contributed by atoms with E-state index in [1.807, 2.05) is 12.1 Å². The van der Waals surface area contributed by atoms with Crippen LogP contribution in [0.3, 0.4) is 0 Å². The summed E-state index contributed by atoms with van der Waals surface area (Å²) in [6, 6.07) is 4.26. The SMILES string of the molecule is CC(C)=CCN1CCn2c(=S)[nH]c3ccc(Cl)c(c32)C1C. The molecule has 1 atom stereocenters. The van der Waals surface area contributed by atoms with Crippen LogP contribution in [0.25, 0.3) is 11.0 Å². The molecule has 1 N–H and O–H groups in total. The number of rotatable bonds is 2. The van der Waals surface area contributed by atoms with E-state index in [0.29, 0.717) is 0 Å². The fraction of sp³-hybridized carbons (Fsp3) is 0.438. The van der Waals surface area contributed by atoms with Gasteiger partial charge in [0.15, 0.2) is 4.77 Å². The molecule has 0 aliphatic carbocycles. The minimum Gasteiger partial charge on any atom is -0.331 e. The zero-order valence-corrected chi connectivity index (χ0v) is 14.2. The molecular weight excluding hydrogens is 302 g/mol. The topological polar surface area (TPSA) is 24.0 Å². The van der Waals surface area contributed by atoms with Crippen LogP contribution in [0.5, 0.6) is 0 Å². The molecule has 3 rings (SSSR count).